The molecule has 1 aliphatic heterocycles. The van der Waals surface area contributed by atoms with Crippen molar-refractivity contribution in [2.75, 3.05) is 13.6 Å². The molecule has 118 valence electrons. The van der Waals surface area contributed by atoms with Crippen molar-refractivity contribution in [1.82, 2.24) is 14.9 Å². The first-order chi connectivity index (χ1) is 11.0. The van der Waals surface area contributed by atoms with Gasteiger partial charge in [0.2, 0.25) is 0 Å². The minimum absolute atomic E-state index is 0.101. The molecule has 3 heterocycles. The highest BCUT2D eigenvalue weighted by molar-refractivity contribution is 7.15. The summed E-state index contributed by atoms with van der Waals surface area (Å²) < 4.78 is 13.6. The molecular formula is C16H15FN4OS. The molecule has 0 atom stereocenters. The SMILES string of the molecule is CN1CCc2sc(-c3nc4c(C(N)=O)cc(F)cc4[nH]3)cc2C1. The van der Waals surface area contributed by atoms with Crippen molar-refractivity contribution in [3.8, 4) is 10.7 Å². The van der Waals surface area contributed by atoms with E-state index in [-0.39, 0.29) is 5.56 Å². The van der Waals surface area contributed by atoms with E-state index in [1.54, 1.807) is 11.3 Å². The smallest absolute Gasteiger partial charge is 0.251 e. The van der Waals surface area contributed by atoms with Crippen LogP contribution >= 0.6 is 11.3 Å². The van der Waals surface area contributed by atoms with Gasteiger partial charge in [-0.2, -0.15) is 0 Å². The largest absolute Gasteiger partial charge is 0.366 e. The van der Waals surface area contributed by atoms with Gasteiger partial charge in [0.05, 0.1) is 16.0 Å². The Morgan fingerprint density at radius 3 is 3.04 bits per heavy atom. The molecule has 4 rings (SSSR count). The molecule has 7 heteroatoms. The van der Waals surface area contributed by atoms with Crippen molar-refractivity contribution >= 4 is 28.3 Å². The summed E-state index contributed by atoms with van der Waals surface area (Å²) in [5, 5.41) is 0. The fourth-order valence-electron chi connectivity index (χ4n) is 2.98. The molecule has 1 aliphatic rings. The third kappa shape index (κ3) is 2.42. The first kappa shape index (κ1) is 14.3. The van der Waals surface area contributed by atoms with E-state index < -0.39 is 11.7 Å². The topological polar surface area (TPSA) is 75.0 Å². The van der Waals surface area contributed by atoms with Crippen LogP contribution < -0.4 is 5.73 Å². The highest BCUT2D eigenvalue weighted by Gasteiger charge is 2.20. The van der Waals surface area contributed by atoms with Crippen LogP contribution in [0.5, 0.6) is 0 Å². The van der Waals surface area contributed by atoms with Gasteiger partial charge in [0.1, 0.15) is 17.2 Å². The number of nitrogens with two attached hydrogens (primary N) is 1. The van der Waals surface area contributed by atoms with Gasteiger partial charge in [-0.15, -0.1) is 11.3 Å². The fraction of sp³-hybridized carbons (Fsp3) is 0.250. The Balaban J connectivity index is 1.84. The number of imidazole rings is 1. The summed E-state index contributed by atoms with van der Waals surface area (Å²) in [5.74, 6) is -0.539. The van der Waals surface area contributed by atoms with Gasteiger partial charge in [-0.05, 0) is 37.2 Å². The zero-order valence-electron chi connectivity index (χ0n) is 12.5. The lowest BCUT2D eigenvalue weighted by atomic mass is 10.1. The molecule has 1 amide bonds. The zero-order valence-corrected chi connectivity index (χ0v) is 13.3. The number of benzene rings is 1. The number of likely N-dealkylation sites (N-methyl/N-ethyl adjacent to an activating group) is 1. The van der Waals surface area contributed by atoms with Gasteiger partial charge in [-0.25, -0.2) is 9.37 Å². The molecule has 0 radical (unpaired) electrons. The van der Waals surface area contributed by atoms with E-state index in [1.807, 2.05) is 0 Å². The number of fused-ring (bicyclic) bond motifs is 2. The molecule has 2 aromatic heterocycles. The van der Waals surface area contributed by atoms with Crippen molar-refractivity contribution < 1.29 is 9.18 Å². The highest BCUT2D eigenvalue weighted by atomic mass is 32.1. The number of hydrogen-bond acceptors (Lipinski definition) is 4. The quantitative estimate of drug-likeness (QED) is 0.758. The summed E-state index contributed by atoms with van der Waals surface area (Å²) in [6, 6.07) is 4.58. The number of thiophene rings is 1. The molecule has 1 aromatic carbocycles. The molecule has 5 nitrogen and oxygen atoms in total. The molecule has 23 heavy (non-hydrogen) atoms. The van der Waals surface area contributed by atoms with Crippen LogP contribution in [-0.4, -0.2) is 34.4 Å². The van der Waals surface area contributed by atoms with Crippen LogP contribution in [0.3, 0.4) is 0 Å². The average Bonchev–Trinajstić information content (AvgIpc) is 3.08. The number of primary amides is 1. The fourth-order valence-corrected chi connectivity index (χ4v) is 4.09. The van der Waals surface area contributed by atoms with Crippen LogP contribution in [0.25, 0.3) is 21.7 Å². The van der Waals surface area contributed by atoms with E-state index in [0.29, 0.717) is 16.9 Å². The van der Waals surface area contributed by atoms with Crippen molar-refractivity contribution in [2.45, 2.75) is 13.0 Å². The van der Waals surface area contributed by atoms with E-state index >= 15 is 0 Å². The normalized spacial score (nSPS) is 15.0. The number of hydrogen-bond donors (Lipinski definition) is 2. The monoisotopic (exact) mass is 330 g/mol. The van der Waals surface area contributed by atoms with Crippen molar-refractivity contribution in [3.63, 3.8) is 0 Å². The van der Waals surface area contributed by atoms with E-state index in [2.05, 4.69) is 28.0 Å². The third-order valence-electron chi connectivity index (χ3n) is 4.11. The van der Waals surface area contributed by atoms with Gasteiger partial charge in [0.25, 0.3) is 5.91 Å². The van der Waals surface area contributed by atoms with Crippen molar-refractivity contribution in [1.29, 1.82) is 0 Å². The van der Waals surface area contributed by atoms with Gasteiger partial charge < -0.3 is 15.6 Å². The third-order valence-corrected chi connectivity index (χ3v) is 5.35. The maximum absolute atomic E-state index is 13.6. The van der Waals surface area contributed by atoms with E-state index in [9.17, 15) is 9.18 Å². The van der Waals surface area contributed by atoms with Gasteiger partial charge in [-0.3, -0.25) is 4.79 Å². The molecular weight excluding hydrogens is 315 g/mol. The van der Waals surface area contributed by atoms with Crippen LogP contribution in [0.2, 0.25) is 0 Å². The zero-order chi connectivity index (χ0) is 16.1. The van der Waals surface area contributed by atoms with Crippen LogP contribution in [0.15, 0.2) is 18.2 Å². The number of aromatic nitrogens is 2. The predicted octanol–water partition coefficient (Wildman–Crippen LogP) is 2.52. The second kappa shape index (κ2) is 5.14. The molecule has 0 saturated heterocycles. The summed E-state index contributed by atoms with van der Waals surface area (Å²) in [4.78, 5) is 23.7. The minimum atomic E-state index is -0.681. The number of nitrogens with one attached hydrogen (secondary N) is 1. The van der Waals surface area contributed by atoms with Crippen LogP contribution in [-0.2, 0) is 13.0 Å². The second-order valence-corrected chi connectivity index (χ2v) is 6.98. The molecule has 0 saturated carbocycles. The van der Waals surface area contributed by atoms with Crippen molar-refractivity contribution in [2.24, 2.45) is 5.73 Å². The summed E-state index contributed by atoms with van der Waals surface area (Å²) in [6.07, 6.45) is 1.03. The maximum atomic E-state index is 13.6. The number of rotatable bonds is 2. The Bertz CT molecular complexity index is 930. The number of amides is 1. The van der Waals surface area contributed by atoms with Gasteiger partial charge >= 0.3 is 0 Å². The Morgan fingerprint density at radius 2 is 2.26 bits per heavy atom. The summed E-state index contributed by atoms with van der Waals surface area (Å²) in [6.45, 7) is 1.97. The summed E-state index contributed by atoms with van der Waals surface area (Å²) in [7, 11) is 2.10. The van der Waals surface area contributed by atoms with Gasteiger partial charge in [0.15, 0.2) is 0 Å². The van der Waals surface area contributed by atoms with Crippen LogP contribution in [0.4, 0.5) is 4.39 Å². The minimum Gasteiger partial charge on any atom is -0.366 e. The molecule has 0 aliphatic carbocycles. The van der Waals surface area contributed by atoms with E-state index in [4.69, 9.17) is 5.73 Å². The molecule has 0 unspecified atom stereocenters. The number of nitrogens with zero attached hydrogens (tertiary/aromatic N) is 2. The average molecular weight is 330 g/mol. The van der Waals surface area contributed by atoms with Gasteiger partial charge in [-0.1, -0.05) is 0 Å². The Hall–Kier alpha value is -2.25. The van der Waals surface area contributed by atoms with E-state index in [0.717, 1.165) is 30.5 Å². The predicted molar refractivity (Wildman–Crippen MR) is 87.9 cm³/mol. The summed E-state index contributed by atoms with van der Waals surface area (Å²) in [5.41, 5.74) is 7.63. The summed E-state index contributed by atoms with van der Waals surface area (Å²) >= 11 is 1.69. The Morgan fingerprint density at radius 1 is 1.43 bits per heavy atom. The molecule has 0 fully saturated rings. The maximum Gasteiger partial charge on any atom is 0.251 e. The molecule has 3 N–H and O–H groups in total. The first-order valence-electron chi connectivity index (χ1n) is 7.31. The standard InChI is InChI=1S/C16H15FN4OS/c1-21-3-2-12-8(7-21)4-13(23-12)16-19-11-6-9(17)5-10(15(18)22)14(11)20-16/h4-6H,2-3,7H2,1H3,(H2,18,22)(H,19,20). The highest BCUT2D eigenvalue weighted by Crippen LogP contribution is 2.34. The lowest BCUT2D eigenvalue weighted by Crippen LogP contribution is -2.25. The van der Waals surface area contributed by atoms with Crippen molar-refractivity contribution in [3.05, 3.63) is 40.0 Å². The lowest BCUT2D eigenvalue weighted by Gasteiger charge is -2.21. The number of carbonyl (C=O) groups excluding carboxylic acids is 1. The number of carbonyl (C=O) groups is 1. The molecule has 3 aromatic rings. The number of aromatic amines is 1. The second-order valence-electron chi connectivity index (χ2n) is 5.85. The lowest BCUT2D eigenvalue weighted by molar-refractivity contribution is 0.100. The molecule has 0 spiro atoms. The van der Waals surface area contributed by atoms with Gasteiger partial charge in [0, 0.05) is 18.0 Å². The van der Waals surface area contributed by atoms with E-state index in [1.165, 1.54) is 16.5 Å². The number of H-pyrrole nitrogens is 1. The Labute approximate surface area is 135 Å². The van der Waals surface area contributed by atoms with Crippen LogP contribution in [0, 0.1) is 5.82 Å². The number of halogens is 1. The van der Waals surface area contributed by atoms with Crippen LogP contribution in [0.1, 0.15) is 20.8 Å². The Kier molecular flexibility index (Phi) is 3.21. The first-order valence-corrected chi connectivity index (χ1v) is 8.12. The molecule has 0 bridgehead atoms.